The van der Waals surface area contributed by atoms with Gasteiger partial charge < -0.3 is 10.6 Å². The van der Waals surface area contributed by atoms with E-state index in [1.54, 1.807) is 0 Å². The molecule has 0 aromatic heterocycles. The van der Waals surface area contributed by atoms with Crippen LogP contribution in [0.15, 0.2) is 42.5 Å². The lowest BCUT2D eigenvalue weighted by Gasteiger charge is -2.24. The summed E-state index contributed by atoms with van der Waals surface area (Å²) in [6.07, 6.45) is 3.98. The molecule has 3 rings (SSSR count). The van der Waals surface area contributed by atoms with Gasteiger partial charge in [-0.15, -0.1) is 0 Å². The van der Waals surface area contributed by atoms with E-state index in [4.69, 9.17) is 5.73 Å². The van der Waals surface area contributed by atoms with Gasteiger partial charge in [0.2, 0.25) is 0 Å². The SMILES string of the molecule is CC1CCCN(CC(N)c2ccc3ccccc3c2)CC1. The minimum Gasteiger partial charge on any atom is -0.323 e. The number of hydrogen-bond donors (Lipinski definition) is 1. The number of nitrogens with two attached hydrogens (primary N) is 1. The van der Waals surface area contributed by atoms with Gasteiger partial charge in [0.1, 0.15) is 0 Å². The van der Waals surface area contributed by atoms with Crippen molar-refractivity contribution >= 4 is 10.8 Å². The molecule has 0 amide bonds. The van der Waals surface area contributed by atoms with Crippen LogP contribution in [0.1, 0.15) is 37.8 Å². The average molecular weight is 282 g/mol. The molecular formula is C19H26N2. The summed E-state index contributed by atoms with van der Waals surface area (Å²) in [5.74, 6) is 0.867. The molecule has 2 aromatic carbocycles. The Morgan fingerprint density at radius 2 is 1.90 bits per heavy atom. The first-order chi connectivity index (χ1) is 10.2. The van der Waals surface area contributed by atoms with Crippen molar-refractivity contribution in [3.63, 3.8) is 0 Å². The maximum atomic E-state index is 6.46. The van der Waals surface area contributed by atoms with Crippen LogP contribution >= 0.6 is 0 Å². The number of fused-ring (bicyclic) bond motifs is 1. The lowest BCUT2D eigenvalue weighted by atomic mass is 10.0. The second-order valence-electron chi connectivity index (χ2n) is 6.55. The molecule has 2 nitrogen and oxygen atoms in total. The molecular weight excluding hydrogens is 256 g/mol. The number of likely N-dealkylation sites (tertiary alicyclic amines) is 1. The number of hydrogen-bond acceptors (Lipinski definition) is 2. The van der Waals surface area contributed by atoms with Crippen LogP contribution in [0.5, 0.6) is 0 Å². The minimum atomic E-state index is 0.114. The van der Waals surface area contributed by atoms with E-state index in [2.05, 4.69) is 54.3 Å². The Hall–Kier alpha value is -1.38. The van der Waals surface area contributed by atoms with Crippen LogP contribution in [0, 0.1) is 5.92 Å². The highest BCUT2D eigenvalue weighted by atomic mass is 15.1. The van der Waals surface area contributed by atoms with Crippen LogP contribution in [0.4, 0.5) is 0 Å². The van der Waals surface area contributed by atoms with Crippen molar-refractivity contribution in [2.24, 2.45) is 11.7 Å². The molecule has 1 saturated heterocycles. The Morgan fingerprint density at radius 1 is 1.10 bits per heavy atom. The topological polar surface area (TPSA) is 29.3 Å². The maximum absolute atomic E-state index is 6.46. The van der Waals surface area contributed by atoms with Crippen molar-refractivity contribution in [3.05, 3.63) is 48.0 Å². The molecule has 2 N–H and O–H groups in total. The van der Waals surface area contributed by atoms with Gasteiger partial charge in [0.05, 0.1) is 0 Å². The van der Waals surface area contributed by atoms with Gasteiger partial charge in [0, 0.05) is 12.6 Å². The third-order valence-electron chi connectivity index (χ3n) is 4.77. The van der Waals surface area contributed by atoms with Crippen molar-refractivity contribution in [2.45, 2.75) is 32.2 Å². The second kappa shape index (κ2) is 6.59. The molecule has 2 unspecified atom stereocenters. The molecule has 21 heavy (non-hydrogen) atoms. The van der Waals surface area contributed by atoms with Crippen molar-refractivity contribution < 1.29 is 0 Å². The van der Waals surface area contributed by atoms with Crippen LogP contribution in [-0.2, 0) is 0 Å². The number of rotatable bonds is 3. The van der Waals surface area contributed by atoms with Gasteiger partial charge in [-0.1, -0.05) is 43.3 Å². The van der Waals surface area contributed by atoms with E-state index < -0.39 is 0 Å². The van der Waals surface area contributed by atoms with E-state index in [0.717, 1.165) is 12.5 Å². The van der Waals surface area contributed by atoms with Crippen LogP contribution in [0.25, 0.3) is 10.8 Å². The Bertz CT molecular complexity index is 593. The molecule has 2 atom stereocenters. The minimum absolute atomic E-state index is 0.114. The largest absolute Gasteiger partial charge is 0.323 e. The summed E-state index contributed by atoms with van der Waals surface area (Å²) in [5, 5.41) is 2.58. The van der Waals surface area contributed by atoms with Crippen LogP contribution in [0.3, 0.4) is 0 Å². The Morgan fingerprint density at radius 3 is 2.76 bits per heavy atom. The third-order valence-corrected chi connectivity index (χ3v) is 4.77. The molecule has 1 aliphatic rings. The fourth-order valence-electron chi connectivity index (χ4n) is 3.33. The third kappa shape index (κ3) is 3.63. The van der Waals surface area contributed by atoms with Gasteiger partial charge in [-0.2, -0.15) is 0 Å². The molecule has 0 bridgehead atoms. The fraction of sp³-hybridized carbons (Fsp3) is 0.474. The van der Waals surface area contributed by atoms with Crippen LogP contribution in [-0.4, -0.2) is 24.5 Å². The van der Waals surface area contributed by atoms with Crippen LogP contribution < -0.4 is 5.73 Å². The van der Waals surface area contributed by atoms with Crippen molar-refractivity contribution in [1.29, 1.82) is 0 Å². The van der Waals surface area contributed by atoms with Crippen molar-refractivity contribution in [3.8, 4) is 0 Å². The summed E-state index contributed by atoms with van der Waals surface area (Å²) < 4.78 is 0. The van der Waals surface area contributed by atoms with E-state index in [1.807, 2.05) is 0 Å². The highest BCUT2D eigenvalue weighted by molar-refractivity contribution is 5.83. The lowest BCUT2D eigenvalue weighted by molar-refractivity contribution is 0.265. The standard InChI is InChI=1S/C19H26N2/c1-15-5-4-11-21(12-10-15)14-19(20)18-9-8-16-6-2-3-7-17(16)13-18/h2-3,6-9,13,15,19H,4-5,10-12,14,20H2,1H3. The first-order valence-corrected chi connectivity index (χ1v) is 8.19. The summed E-state index contributed by atoms with van der Waals surface area (Å²) >= 11 is 0. The zero-order chi connectivity index (χ0) is 14.7. The molecule has 0 spiro atoms. The van der Waals surface area contributed by atoms with Crippen molar-refractivity contribution in [1.82, 2.24) is 4.90 Å². The predicted molar refractivity (Wildman–Crippen MR) is 90.3 cm³/mol. The molecule has 1 fully saturated rings. The maximum Gasteiger partial charge on any atom is 0.0424 e. The number of benzene rings is 2. The quantitative estimate of drug-likeness (QED) is 0.923. The second-order valence-corrected chi connectivity index (χ2v) is 6.55. The van der Waals surface area contributed by atoms with Gasteiger partial charge >= 0.3 is 0 Å². The normalized spacial score (nSPS) is 22.1. The van der Waals surface area contributed by atoms with Crippen molar-refractivity contribution in [2.75, 3.05) is 19.6 Å². The molecule has 112 valence electrons. The Labute approximate surface area is 127 Å². The summed E-state index contributed by atoms with van der Waals surface area (Å²) in [6, 6.07) is 15.2. The fourth-order valence-corrected chi connectivity index (χ4v) is 3.33. The van der Waals surface area contributed by atoms with Crippen LogP contribution in [0.2, 0.25) is 0 Å². The highest BCUT2D eigenvalue weighted by Crippen LogP contribution is 2.22. The van der Waals surface area contributed by atoms with Gasteiger partial charge in [0.25, 0.3) is 0 Å². The lowest BCUT2D eigenvalue weighted by Crippen LogP contribution is -2.33. The van der Waals surface area contributed by atoms with Gasteiger partial charge in [-0.25, -0.2) is 0 Å². The van der Waals surface area contributed by atoms with Gasteiger partial charge in [-0.05, 0) is 60.7 Å². The van der Waals surface area contributed by atoms with E-state index in [-0.39, 0.29) is 6.04 Å². The average Bonchev–Trinajstić information content (AvgIpc) is 2.71. The Kier molecular flexibility index (Phi) is 4.57. The van der Waals surface area contributed by atoms with Gasteiger partial charge in [0.15, 0.2) is 0 Å². The molecule has 0 aliphatic carbocycles. The zero-order valence-corrected chi connectivity index (χ0v) is 13.0. The summed E-state index contributed by atoms with van der Waals surface area (Å²) in [5.41, 5.74) is 7.72. The number of nitrogens with zero attached hydrogens (tertiary/aromatic N) is 1. The smallest absolute Gasteiger partial charge is 0.0424 e. The molecule has 0 saturated carbocycles. The Balaban J connectivity index is 1.69. The molecule has 1 aliphatic heterocycles. The van der Waals surface area contributed by atoms with Gasteiger partial charge in [-0.3, -0.25) is 0 Å². The summed E-state index contributed by atoms with van der Waals surface area (Å²) in [7, 11) is 0. The summed E-state index contributed by atoms with van der Waals surface area (Å²) in [4.78, 5) is 2.54. The molecule has 2 aromatic rings. The van der Waals surface area contributed by atoms with E-state index >= 15 is 0 Å². The highest BCUT2D eigenvalue weighted by Gasteiger charge is 2.17. The van der Waals surface area contributed by atoms with E-state index in [1.165, 1.54) is 48.7 Å². The molecule has 2 heteroatoms. The van der Waals surface area contributed by atoms with E-state index in [0.29, 0.717) is 0 Å². The van der Waals surface area contributed by atoms with E-state index in [9.17, 15) is 0 Å². The monoisotopic (exact) mass is 282 g/mol. The predicted octanol–water partition coefficient (Wildman–Crippen LogP) is 3.96. The first-order valence-electron chi connectivity index (χ1n) is 8.19. The molecule has 1 heterocycles. The first kappa shape index (κ1) is 14.6. The molecule has 0 radical (unpaired) electrons. The summed E-state index contributed by atoms with van der Waals surface area (Å²) in [6.45, 7) is 5.74. The zero-order valence-electron chi connectivity index (χ0n) is 13.0.